The Kier molecular flexibility index (Phi) is 6.50. The molecule has 3 amide bonds. The molecule has 180 valence electrons. The molecule has 9 nitrogen and oxygen atoms in total. The van der Waals surface area contributed by atoms with Crippen molar-refractivity contribution >= 4 is 46.5 Å². The predicted molar refractivity (Wildman–Crippen MR) is 139 cm³/mol. The number of aryl methyl sites for hydroxylation is 1. The van der Waals surface area contributed by atoms with Crippen LogP contribution in [0.2, 0.25) is 0 Å². The second kappa shape index (κ2) is 10.0. The molecule has 5 rings (SSSR count). The van der Waals surface area contributed by atoms with Gasteiger partial charge in [-0.05, 0) is 55.5 Å². The van der Waals surface area contributed by atoms with Gasteiger partial charge in [-0.25, -0.2) is 0 Å². The maximum absolute atomic E-state index is 13.1. The molecule has 2 N–H and O–H groups in total. The van der Waals surface area contributed by atoms with Gasteiger partial charge >= 0.3 is 0 Å². The molecule has 0 aliphatic carbocycles. The lowest BCUT2D eigenvalue weighted by atomic mass is 10.1. The van der Waals surface area contributed by atoms with Crippen molar-refractivity contribution in [3.8, 4) is 5.69 Å². The van der Waals surface area contributed by atoms with E-state index in [0.29, 0.717) is 27.8 Å². The van der Waals surface area contributed by atoms with E-state index in [1.54, 1.807) is 48.8 Å². The molecule has 1 aliphatic heterocycles. The Bertz CT molecular complexity index is 1430. The van der Waals surface area contributed by atoms with Gasteiger partial charge in [0.05, 0.1) is 17.1 Å². The molecule has 1 aromatic heterocycles. The predicted octanol–water partition coefficient (Wildman–Crippen LogP) is 3.91. The van der Waals surface area contributed by atoms with Crippen LogP contribution in [0.15, 0.2) is 84.3 Å². The van der Waals surface area contributed by atoms with Gasteiger partial charge in [-0.1, -0.05) is 41.6 Å². The first-order valence-electron chi connectivity index (χ1n) is 11.2. The number of carbonyl (C=O) groups excluding carboxylic acids is 3. The fraction of sp³-hybridized carbons (Fsp3) is 0.115. The first-order valence-corrected chi connectivity index (χ1v) is 12.2. The third kappa shape index (κ3) is 4.98. The van der Waals surface area contributed by atoms with Crippen LogP contribution in [-0.4, -0.2) is 44.8 Å². The molecule has 10 heteroatoms. The standard InChI is InChI=1S/C26H22N6O3S/c1-17-6-12-20(13-7-17)32-16-27-30-26(32)36-15-24(34)28-19-10-8-18(9-11-19)25(35)31-14-23(33)29-21-4-2-3-5-22(21)31/h2-13,16H,14-15H2,1H3,(H,28,34)(H,29,33). The van der Waals surface area contributed by atoms with Gasteiger partial charge in [0.15, 0.2) is 5.16 Å². The third-order valence-electron chi connectivity index (χ3n) is 5.59. The van der Waals surface area contributed by atoms with Crippen molar-refractivity contribution in [2.75, 3.05) is 27.8 Å². The molecule has 0 bridgehead atoms. The van der Waals surface area contributed by atoms with E-state index in [9.17, 15) is 14.4 Å². The first kappa shape index (κ1) is 23.3. The summed E-state index contributed by atoms with van der Waals surface area (Å²) in [5.41, 5.74) is 4.30. The van der Waals surface area contributed by atoms with Crippen LogP contribution in [0.4, 0.5) is 17.1 Å². The lowest BCUT2D eigenvalue weighted by Crippen LogP contribution is -2.42. The van der Waals surface area contributed by atoms with E-state index in [4.69, 9.17) is 0 Å². The van der Waals surface area contributed by atoms with Crippen molar-refractivity contribution in [2.45, 2.75) is 12.1 Å². The number of hydrogen-bond donors (Lipinski definition) is 2. The number of carbonyl (C=O) groups is 3. The molecular weight excluding hydrogens is 476 g/mol. The molecule has 0 fully saturated rings. The molecule has 0 radical (unpaired) electrons. The minimum Gasteiger partial charge on any atom is -0.325 e. The zero-order chi connectivity index (χ0) is 25.1. The van der Waals surface area contributed by atoms with E-state index in [1.165, 1.54) is 16.7 Å². The van der Waals surface area contributed by atoms with Crippen LogP contribution < -0.4 is 15.5 Å². The fourth-order valence-electron chi connectivity index (χ4n) is 3.80. The monoisotopic (exact) mass is 498 g/mol. The number of hydrogen-bond acceptors (Lipinski definition) is 6. The van der Waals surface area contributed by atoms with E-state index in [2.05, 4.69) is 20.8 Å². The highest BCUT2D eigenvalue weighted by Crippen LogP contribution is 2.30. The Morgan fingerprint density at radius 3 is 2.56 bits per heavy atom. The smallest absolute Gasteiger partial charge is 0.258 e. The van der Waals surface area contributed by atoms with Crippen molar-refractivity contribution in [2.24, 2.45) is 0 Å². The molecule has 0 spiro atoms. The SMILES string of the molecule is Cc1ccc(-n2cnnc2SCC(=O)Nc2ccc(C(=O)N3CC(=O)Nc4ccccc43)cc2)cc1. The van der Waals surface area contributed by atoms with E-state index >= 15 is 0 Å². The first-order chi connectivity index (χ1) is 17.5. The van der Waals surface area contributed by atoms with Crippen molar-refractivity contribution in [1.29, 1.82) is 0 Å². The number of aromatic nitrogens is 3. The van der Waals surface area contributed by atoms with Crippen LogP contribution in [0.25, 0.3) is 5.69 Å². The second-order valence-electron chi connectivity index (χ2n) is 8.19. The number of anilines is 3. The summed E-state index contributed by atoms with van der Waals surface area (Å²) in [6.45, 7) is 1.96. The van der Waals surface area contributed by atoms with Crippen LogP contribution in [0, 0.1) is 6.92 Å². The van der Waals surface area contributed by atoms with Crippen molar-refractivity contribution in [3.63, 3.8) is 0 Å². The summed E-state index contributed by atoms with van der Waals surface area (Å²) in [6.07, 6.45) is 1.62. The topological polar surface area (TPSA) is 109 Å². The quantitative estimate of drug-likeness (QED) is 0.390. The summed E-state index contributed by atoms with van der Waals surface area (Å²) in [7, 11) is 0. The van der Waals surface area contributed by atoms with Crippen LogP contribution >= 0.6 is 11.8 Å². The Morgan fingerprint density at radius 2 is 1.78 bits per heavy atom. The number of benzene rings is 3. The molecule has 2 heterocycles. The molecule has 0 unspecified atom stereocenters. The molecule has 0 atom stereocenters. The van der Waals surface area contributed by atoms with Gasteiger partial charge in [0.1, 0.15) is 12.9 Å². The van der Waals surface area contributed by atoms with Crippen LogP contribution in [-0.2, 0) is 9.59 Å². The van der Waals surface area contributed by atoms with Gasteiger partial charge in [-0.2, -0.15) is 0 Å². The van der Waals surface area contributed by atoms with Crippen molar-refractivity contribution in [1.82, 2.24) is 14.8 Å². The number of amides is 3. The largest absolute Gasteiger partial charge is 0.325 e. The number of nitrogens with one attached hydrogen (secondary N) is 2. The fourth-order valence-corrected chi connectivity index (χ4v) is 4.53. The molecule has 0 saturated heterocycles. The van der Waals surface area contributed by atoms with Crippen LogP contribution in [0.1, 0.15) is 15.9 Å². The number of para-hydroxylation sites is 2. The molecule has 4 aromatic rings. The third-order valence-corrected chi connectivity index (χ3v) is 6.54. The van der Waals surface area contributed by atoms with Gasteiger partial charge in [0, 0.05) is 16.9 Å². The molecule has 0 saturated carbocycles. The van der Waals surface area contributed by atoms with E-state index in [0.717, 1.165) is 11.3 Å². The van der Waals surface area contributed by atoms with E-state index in [-0.39, 0.29) is 30.0 Å². The summed E-state index contributed by atoms with van der Waals surface area (Å²) in [5, 5.41) is 14.3. The van der Waals surface area contributed by atoms with Gasteiger partial charge in [-0.3, -0.25) is 23.9 Å². The lowest BCUT2D eigenvalue weighted by Gasteiger charge is -2.29. The summed E-state index contributed by atoms with van der Waals surface area (Å²) < 4.78 is 1.83. The van der Waals surface area contributed by atoms with E-state index in [1.807, 2.05) is 41.8 Å². The minimum absolute atomic E-state index is 0.0568. The minimum atomic E-state index is -0.291. The number of rotatable bonds is 6. The average molecular weight is 499 g/mol. The highest BCUT2D eigenvalue weighted by atomic mass is 32.2. The Balaban J connectivity index is 1.21. The summed E-state index contributed by atoms with van der Waals surface area (Å²) in [5.74, 6) is -0.604. The molecule has 1 aliphatic rings. The summed E-state index contributed by atoms with van der Waals surface area (Å²) >= 11 is 1.28. The maximum Gasteiger partial charge on any atom is 0.258 e. The van der Waals surface area contributed by atoms with Crippen LogP contribution in [0.3, 0.4) is 0 Å². The Hall–Kier alpha value is -4.44. The molecule has 3 aromatic carbocycles. The van der Waals surface area contributed by atoms with Crippen molar-refractivity contribution < 1.29 is 14.4 Å². The number of fused-ring (bicyclic) bond motifs is 1. The van der Waals surface area contributed by atoms with Gasteiger partial charge in [0.25, 0.3) is 5.91 Å². The lowest BCUT2D eigenvalue weighted by molar-refractivity contribution is -0.115. The normalized spacial score (nSPS) is 12.6. The molecular formula is C26H22N6O3S. The van der Waals surface area contributed by atoms with Gasteiger partial charge in [-0.15, -0.1) is 10.2 Å². The molecule has 36 heavy (non-hydrogen) atoms. The highest BCUT2D eigenvalue weighted by molar-refractivity contribution is 7.99. The van der Waals surface area contributed by atoms with E-state index < -0.39 is 0 Å². The summed E-state index contributed by atoms with van der Waals surface area (Å²) in [4.78, 5) is 39.1. The Labute approximate surface area is 211 Å². The number of thioether (sulfide) groups is 1. The highest BCUT2D eigenvalue weighted by Gasteiger charge is 2.27. The Morgan fingerprint density at radius 1 is 1.03 bits per heavy atom. The van der Waals surface area contributed by atoms with Gasteiger partial charge < -0.3 is 10.6 Å². The van der Waals surface area contributed by atoms with Crippen molar-refractivity contribution in [3.05, 3.63) is 90.3 Å². The zero-order valence-electron chi connectivity index (χ0n) is 19.3. The number of nitrogens with zero attached hydrogens (tertiary/aromatic N) is 4. The zero-order valence-corrected chi connectivity index (χ0v) is 20.2. The maximum atomic E-state index is 13.1. The van der Waals surface area contributed by atoms with Gasteiger partial charge in [0.2, 0.25) is 11.8 Å². The van der Waals surface area contributed by atoms with Crippen LogP contribution in [0.5, 0.6) is 0 Å². The average Bonchev–Trinajstić information content (AvgIpc) is 3.36. The summed E-state index contributed by atoms with van der Waals surface area (Å²) in [6, 6.07) is 21.7. The second-order valence-corrected chi connectivity index (χ2v) is 9.13.